The van der Waals surface area contributed by atoms with Crippen LogP contribution in [0.1, 0.15) is 0 Å². The summed E-state index contributed by atoms with van der Waals surface area (Å²) in [6, 6.07) is 30.3. The summed E-state index contributed by atoms with van der Waals surface area (Å²) >= 11 is 27.1. The lowest BCUT2D eigenvalue weighted by molar-refractivity contribution is 0.680. The maximum atomic E-state index is 7.18. The smallest absolute Gasteiger partial charge is 0.246 e. The van der Waals surface area contributed by atoms with Gasteiger partial charge in [0.2, 0.25) is 6.71 Å². The number of nitrogens with zero attached hydrogens (tertiary/aromatic N) is 5. The van der Waals surface area contributed by atoms with Gasteiger partial charge in [-0.05, 0) is 59.1 Å². The molecule has 0 aromatic heterocycles. The van der Waals surface area contributed by atoms with Crippen molar-refractivity contribution in [1.82, 2.24) is 4.67 Å². The first-order chi connectivity index (χ1) is 15.6. The Morgan fingerprint density at radius 1 is 0.636 bits per heavy atom. The quantitative estimate of drug-likeness (QED) is 0.271. The maximum absolute atomic E-state index is 7.18. The van der Waals surface area contributed by atoms with Crippen molar-refractivity contribution in [3.8, 4) is 0 Å². The molecule has 13 heteroatoms. The average molecular weight is 597 g/mol. The second-order valence-corrected chi connectivity index (χ2v) is 22.7. The van der Waals surface area contributed by atoms with Crippen LogP contribution in [0, 0.1) is 0 Å². The van der Waals surface area contributed by atoms with E-state index in [9.17, 15) is 0 Å². The maximum Gasteiger partial charge on any atom is 0.282 e. The molecule has 0 bridgehead atoms. The first-order valence-electron chi connectivity index (χ1n) is 9.77. The Kier molecular flexibility index (Phi) is 7.80. The van der Waals surface area contributed by atoms with E-state index in [2.05, 4.69) is 45.4 Å². The lowest BCUT2D eigenvalue weighted by atomic mass is 10.4. The summed E-state index contributed by atoms with van der Waals surface area (Å²) in [4.78, 5) is 0. The molecule has 1 aliphatic rings. The zero-order valence-electron chi connectivity index (χ0n) is 17.7. The van der Waals surface area contributed by atoms with E-state index in [4.69, 9.17) is 54.0 Å². The van der Waals surface area contributed by atoms with Gasteiger partial charge in [-0.3, -0.25) is 0 Å². The minimum absolute atomic E-state index is 1.02. The van der Waals surface area contributed by atoms with Crippen LogP contribution in [0.3, 0.4) is 0 Å². The molecule has 3 aromatic carbocycles. The Hall–Kier alpha value is -0.300. The second-order valence-electron chi connectivity index (χ2n) is 7.29. The van der Waals surface area contributed by atoms with Crippen molar-refractivity contribution in [3.05, 3.63) is 91.0 Å². The third kappa shape index (κ3) is 5.44. The molecule has 1 heterocycles. The van der Waals surface area contributed by atoms with E-state index in [1.165, 1.54) is 0 Å². The fourth-order valence-electron chi connectivity index (χ4n) is 3.37. The minimum Gasteiger partial charge on any atom is -0.246 e. The van der Waals surface area contributed by atoms with Crippen LogP contribution in [0.4, 0.5) is 0 Å². The van der Waals surface area contributed by atoms with Crippen LogP contribution in [0.25, 0.3) is 0 Å². The molecule has 0 fully saturated rings. The molecule has 0 radical (unpaired) electrons. The van der Waals surface area contributed by atoms with Crippen molar-refractivity contribution in [2.24, 2.45) is 18.1 Å². The SMILES string of the molecule is CN(C)[P@]1(Cl)=N[P@@](Cl)(N=P(c2ccccc2)(c2ccccc2)c2ccccc2)=NP(Cl)(Cl)=N1. The first kappa shape index (κ1) is 25.8. The van der Waals surface area contributed by atoms with Gasteiger partial charge in [0.1, 0.15) is 0 Å². The largest absolute Gasteiger partial charge is 0.282 e. The summed E-state index contributed by atoms with van der Waals surface area (Å²) in [6.45, 7) is -6.26. The van der Waals surface area contributed by atoms with Crippen LogP contribution in [0.2, 0.25) is 0 Å². The Bertz CT molecular complexity index is 1270. The standard InChI is InChI=1S/C20H21Cl4N5P4/c1-29(2)33(24)27-31(21,22)26-32(23,28-33)25-30(18-12-6-3-7-13-18,19-14-8-4-9-15-19)20-16-10-5-11-17-20/h3-17H,1-2H3/t32-,33-/m0/s1. The van der Waals surface area contributed by atoms with Crippen LogP contribution >= 0.6 is 71.3 Å². The van der Waals surface area contributed by atoms with Crippen molar-refractivity contribution in [2.75, 3.05) is 14.1 Å². The third-order valence-electron chi connectivity index (χ3n) is 4.82. The van der Waals surface area contributed by atoms with Gasteiger partial charge in [0.15, 0.2) is 0 Å². The molecule has 0 saturated heterocycles. The molecular formula is C20H21Cl4N5P4. The lowest BCUT2D eigenvalue weighted by Gasteiger charge is -2.31. The third-order valence-corrected chi connectivity index (χ3v) is 22.7. The predicted octanol–water partition coefficient (Wildman–Crippen LogP) is 9.53. The summed E-state index contributed by atoms with van der Waals surface area (Å²) in [5.74, 6) is -3.18. The predicted molar refractivity (Wildman–Crippen MR) is 153 cm³/mol. The van der Waals surface area contributed by atoms with Gasteiger partial charge < -0.3 is 0 Å². The van der Waals surface area contributed by atoms with Crippen LogP contribution < -0.4 is 15.9 Å². The van der Waals surface area contributed by atoms with E-state index in [0.29, 0.717) is 0 Å². The van der Waals surface area contributed by atoms with Gasteiger partial charge in [0.05, 0.1) is 7.05 Å². The monoisotopic (exact) mass is 595 g/mol. The molecule has 4 rings (SSSR count). The van der Waals surface area contributed by atoms with Crippen LogP contribution in [0.5, 0.6) is 0 Å². The van der Waals surface area contributed by atoms with Gasteiger partial charge in [0, 0.05) is 15.9 Å². The van der Waals surface area contributed by atoms with E-state index >= 15 is 0 Å². The van der Waals surface area contributed by atoms with Crippen LogP contribution in [-0.4, -0.2) is 18.8 Å². The topological polar surface area (TPSA) is 52.7 Å². The van der Waals surface area contributed by atoms with E-state index in [0.717, 1.165) is 15.9 Å². The van der Waals surface area contributed by atoms with Gasteiger partial charge in [0.25, 0.3) is 12.6 Å². The number of hydrogen-bond donors (Lipinski definition) is 0. The summed E-state index contributed by atoms with van der Waals surface area (Å²) in [7, 11) is 0.884. The fraction of sp³-hybridized carbons (Fsp3) is 0.100. The molecule has 5 nitrogen and oxygen atoms in total. The second kappa shape index (κ2) is 9.99. The molecule has 33 heavy (non-hydrogen) atoms. The van der Waals surface area contributed by atoms with E-state index in [1.807, 2.05) is 54.6 Å². The highest BCUT2D eigenvalue weighted by atomic mass is 35.9. The first-order valence-corrected chi connectivity index (χ1v) is 20.1. The lowest BCUT2D eigenvalue weighted by Crippen LogP contribution is -2.25. The molecule has 0 aliphatic carbocycles. The van der Waals surface area contributed by atoms with Crippen molar-refractivity contribution in [2.45, 2.75) is 0 Å². The Balaban J connectivity index is 2.21. The normalized spacial score (nSPS) is 24.3. The average Bonchev–Trinajstić information content (AvgIpc) is 2.77. The van der Waals surface area contributed by atoms with E-state index in [1.54, 1.807) is 18.8 Å². The molecule has 0 saturated carbocycles. The zero-order valence-corrected chi connectivity index (χ0v) is 24.3. The van der Waals surface area contributed by atoms with E-state index < -0.39 is 26.4 Å². The molecule has 174 valence electrons. The number of halogens is 4. The highest BCUT2D eigenvalue weighted by molar-refractivity contribution is 8.18. The molecule has 0 unspecified atom stereocenters. The Morgan fingerprint density at radius 2 is 1.03 bits per heavy atom. The summed E-state index contributed by atoms with van der Waals surface area (Å²) < 4.78 is 20.8. The van der Waals surface area contributed by atoms with Gasteiger partial charge in [-0.1, -0.05) is 91.0 Å². The molecule has 0 N–H and O–H groups in total. The summed E-state index contributed by atoms with van der Waals surface area (Å²) in [5.41, 5.74) is 0. The van der Waals surface area contributed by atoms with Gasteiger partial charge in [-0.2, -0.15) is 13.5 Å². The number of rotatable bonds is 5. The molecule has 0 spiro atoms. The number of benzene rings is 3. The molecular weight excluding hydrogens is 576 g/mol. The van der Waals surface area contributed by atoms with Gasteiger partial charge >= 0.3 is 0 Å². The van der Waals surface area contributed by atoms with Gasteiger partial charge in [-0.25, -0.2) is 9.19 Å². The minimum atomic E-state index is -3.31. The van der Waals surface area contributed by atoms with Gasteiger partial charge in [-0.15, -0.1) is 0 Å². The highest BCUT2D eigenvalue weighted by Gasteiger charge is 2.38. The number of hydrogen-bond acceptors (Lipinski definition) is 5. The molecule has 2 atom stereocenters. The molecule has 1 aliphatic heterocycles. The van der Waals surface area contributed by atoms with Crippen molar-refractivity contribution < 1.29 is 0 Å². The highest BCUT2D eigenvalue weighted by Crippen LogP contribution is 2.87. The molecule has 0 amide bonds. The van der Waals surface area contributed by atoms with Crippen molar-refractivity contribution in [1.29, 1.82) is 0 Å². The van der Waals surface area contributed by atoms with Crippen LogP contribution in [0.15, 0.2) is 109 Å². The van der Waals surface area contributed by atoms with Crippen LogP contribution in [-0.2, 0) is 0 Å². The summed E-state index contributed by atoms with van der Waals surface area (Å²) in [6.07, 6.45) is 0. The Labute approximate surface area is 214 Å². The van der Waals surface area contributed by atoms with Crippen molar-refractivity contribution in [3.63, 3.8) is 0 Å². The zero-order chi connectivity index (χ0) is 23.7. The fourth-order valence-corrected chi connectivity index (χ4v) is 25.0. The van der Waals surface area contributed by atoms with E-state index in [-0.39, 0.29) is 0 Å². The Morgan fingerprint density at radius 3 is 1.39 bits per heavy atom. The van der Waals surface area contributed by atoms with Crippen molar-refractivity contribution >= 4 is 87.3 Å². The summed E-state index contributed by atoms with van der Waals surface area (Å²) in [5, 5.41) is 3.06. The molecule has 3 aromatic rings.